The number of halogens is 1. The molecular weight excluding hydrogens is 419 g/mol. The third-order valence-corrected chi connectivity index (χ3v) is 5.73. The molecule has 0 saturated carbocycles. The van der Waals surface area contributed by atoms with Crippen LogP contribution in [-0.4, -0.2) is 29.3 Å². The first-order valence-electron chi connectivity index (χ1n) is 9.73. The number of hydrogen-bond acceptors (Lipinski definition) is 7. The Morgan fingerprint density at radius 1 is 1.10 bits per heavy atom. The molecule has 31 heavy (non-hydrogen) atoms. The monoisotopic (exact) mass is 436 g/mol. The van der Waals surface area contributed by atoms with Crippen LogP contribution in [0.25, 0.3) is 28.1 Å². The molecule has 3 aromatic heterocycles. The molecule has 0 spiro atoms. The summed E-state index contributed by atoms with van der Waals surface area (Å²) in [5.41, 5.74) is 1.35. The smallest absolute Gasteiger partial charge is 0.262 e. The van der Waals surface area contributed by atoms with Gasteiger partial charge >= 0.3 is 0 Å². The standard InChI is InChI=1S/C21H17FN6O2S/c1-2-11-27-19(29)15-5-3-4-6-16(15)28-20(27)24-25-21(28)31-12-17-23-18(26-30-17)13-7-9-14(22)10-8-13/h3-10H,2,11-12H2,1H3. The van der Waals surface area contributed by atoms with E-state index in [1.807, 2.05) is 35.6 Å². The summed E-state index contributed by atoms with van der Waals surface area (Å²) in [6, 6.07) is 13.3. The van der Waals surface area contributed by atoms with Gasteiger partial charge in [-0.1, -0.05) is 36.0 Å². The van der Waals surface area contributed by atoms with Gasteiger partial charge in [-0.15, -0.1) is 10.2 Å². The van der Waals surface area contributed by atoms with Gasteiger partial charge in [0.15, 0.2) is 5.16 Å². The van der Waals surface area contributed by atoms with Crippen LogP contribution < -0.4 is 5.56 Å². The van der Waals surface area contributed by atoms with Crippen LogP contribution in [0.1, 0.15) is 19.2 Å². The summed E-state index contributed by atoms with van der Waals surface area (Å²) >= 11 is 1.39. The second-order valence-corrected chi connectivity index (χ2v) is 7.84. The van der Waals surface area contributed by atoms with Gasteiger partial charge in [-0.3, -0.25) is 13.8 Å². The van der Waals surface area contributed by atoms with Gasteiger partial charge in [-0.05, 0) is 42.8 Å². The van der Waals surface area contributed by atoms with Crippen LogP contribution in [0.15, 0.2) is 63.0 Å². The molecular formula is C21H17FN6O2S. The van der Waals surface area contributed by atoms with E-state index in [9.17, 15) is 9.18 Å². The van der Waals surface area contributed by atoms with Gasteiger partial charge in [0.05, 0.1) is 16.7 Å². The number of thioether (sulfide) groups is 1. The fraction of sp³-hybridized carbons (Fsp3) is 0.190. The molecule has 0 aliphatic heterocycles. The van der Waals surface area contributed by atoms with Gasteiger partial charge in [0.1, 0.15) is 5.82 Å². The number of rotatable bonds is 6. The predicted octanol–water partition coefficient (Wildman–Crippen LogP) is 3.94. The van der Waals surface area contributed by atoms with E-state index in [-0.39, 0.29) is 11.4 Å². The maximum absolute atomic E-state index is 13.1. The van der Waals surface area contributed by atoms with Crippen LogP contribution in [0.2, 0.25) is 0 Å². The summed E-state index contributed by atoms with van der Waals surface area (Å²) < 4.78 is 22.0. The predicted molar refractivity (Wildman–Crippen MR) is 114 cm³/mol. The van der Waals surface area contributed by atoms with Crippen molar-refractivity contribution in [2.24, 2.45) is 0 Å². The summed E-state index contributed by atoms with van der Waals surface area (Å²) in [5, 5.41) is 13.8. The SMILES string of the molecule is CCCn1c(=O)c2ccccc2n2c(SCc3nc(-c4ccc(F)cc4)no3)nnc12. The van der Waals surface area contributed by atoms with Crippen molar-refractivity contribution in [2.75, 3.05) is 0 Å². The summed E-state index contributed by atoms with van der Waals surface area (Å²) in [7, 11) is 0. The number of hydrogen-bond donors (Lipinski definition) is 0. The molecule has 156 valence electrons. The summed E-state index contributed by atoms with van der Waals surface area (Å²) in [6.07, 6.45) is 0.803. The van der Waals surface area contributed by atoms with Crippen LogP contribution in [0.5, 0.6) is 0 Å². The minimum absolute atomic E-state index is 0.0743. The van der Waals surface area contributed by atoms with Gasteiger partial charge in [-0.25, -0.2) is 4.39 Å². The number of fused-ring (bicyclic) bond motifs is 3. The van der Waals surface area contributed by atoms with Crippen LogP contribution in [0.4, 0.5) is 4.39 Å². The number of aromatic nitrogens is 6. The second kappa shape index (κ2) is 7.95. The van der Waals surface area contributed by atoms with Crippen molar-refractivity contribution in [3.8, 4) is 11.4 Å². The first-order valence-corrected chi connectivity index (χ1v) is 10.7. The fourth-order valence-corrected chi connectivity index (χ4v) is 4.19. The lowest BCUT2D eigenvalue weighted by atomic mass is 10.2. The quantitative estimate of drug-likeness (QED) is 0.372. The van der Waals surface area contributed by atoms with E-state index >= 15 is 0 Å². The maximum atomic E-state index is 13.1. The van der Waals surface area contributed by atoms with Crippen molar-refractivity contribution >= 4 is 28.4 Å². The second-order valence-electron chi connectivity index (χ2n) is 6.90. The number of para-hydroxylation sites is 1. The van der Waals surface area contributed by atoms with Gasteiger partial charge in [-0.2, -0.15) is 4.98 Å². The largest absolute Gasteiger partial charge is 0.338 e. The molecule has 8 nitrogen and oxygen atoms in total. The average molecular weight is 436 g/mol. The third kappa shape index (κ3) is 3.48. The van der Waals surface area contributed by atoms with Gasteiger partial charge in [0, 0.05) is 12.1 Å². The number of aryl methyl sites for hydroxylation is 1. The van der Waals surface area contributed by atoms with E-state index in [0.717, 1.165) is 11.9 Å². The highest BCUT2D eigenvalue weighted by Gasteiger charge is 2.17. The van der Waals surface area contributed by atoms with E-state index < -0.39 is 0 Å². The Hall–Kier alpha value is -3.53. The van der Waals surface area contributed by atoms with Crippen molar-refractivity contribution < 1.29 is 8.91 Å². The molecule has 0 unspecified atom stereocenters. The molecule has 0 aliphatic carbocycles. The Morgan fingerprint density at radius 2 is 1.90 bits per heavy atom. The Kier molecular flexibility index (Phi) is 4.99. The molecule has 3 heterocycles. The zero-order valence-corrected chi connectivity index (χ0v) is 17.3. The summed E-state index contributed by atoms with van der Waals surface area (Å²) in [6.45, 7) is 2.57. The summed E-state index contributed by atoms with van der Waals surface area (Å²) in [4.78, 5) is 17.3. The van der Waals surface area contributed by atoms with Crippen molar-refractivity contribution in [3.05, 3.63) is 70.6 Å². The van der Waals surface area contributed by atoms with Gasteiger partial charge in [0.25, 0.3) is 5.56 Å². The molecule has 0 fully saturated rings. The minimum Gasteiger partial charge on any atom is -0.338 e. The number of benzene rings is 2. The van der Waals surface area contributed by atoms with Crippen molar-refractivity contribution in [3.63, 3.8) is 0 Å². The molecule has 0 amide bonds. The fourth-order valence-electron chi connectivity index (χ4n) is 3.41. The van der Waals surface area contributed by atoms with Crippen molar-refractivity contribution in [1.29, 1.82) is 0 Å². The molecule has 0 atom stereocenters. The van der Waals surface area contributed by atoms with E-state index in [0.29, 0.717) is 45.9 Å². The Bertz CT molecular complexity index is 1440. The molecule has 0 aliphatic rings. The van der Waals surface area contributed by atoms with Crippen LogP contribution in [0, 0.1) is 5.82 Å². The minimum atomic E-state index is -0.324. The Labute approximate surface area is 179 Å². The normalized spacial score (nSPS) is 11.5. The van der Waals surface area contributed by atoms with Gasteiger partial charge < -0.3 is 4.52 Å². The Balaban J connectivity index is 1.49. The lowest BCUT2D eigenvalue weighted by Crippen LogP contribution is -2.23. The Morgan fingerprint density at radius 3 is 2.71 bits per heavy atom. The van der Waals surface area contributed by atoms with E-state index in [4.69, 9.17) is 4.52 Å². The van der Waals surface area contributed by atoms with Crippen LogP contribution in [0.3, 0.4) is 0 Å². The first kappa shape index (κ1) is 19.4. The molecule has 2 aromatic carbocycles. The first-order chi connectivity index (χ1) is 15.2. The van der Waals surface area contributed by atoms with Crippen LogP contribution >= 0.6 is 11.8 Å². The molecule has 0 radical (unpaired) electrons. The van der Waals surface area contributed by atoms with Gasteiger partial charge in [0.2, 0.25) is 17.5 Å². The highest BCUT2D eigenvalue weighted by molar-refractivity contribution is 7.98. The number of nitrogens with zero attached hydrogens (tertiary/aromatic N) is 6. The van der Waals surface area contributed by atoms with E-state index in [1.54, 1.807) is 16.7 Å². The maximum Gasteiger partial charge on any atom is 0.262 e. The van der Waals surface area contributed by atoms with Crippen molar-refractivity contribution in [2.45, 2.75) is 30.8 Å². The highest BCUT2D eigenvalue weighted by atomic mass is 32.2. The zero-order valence-electron chi connectivity index (χ0n) is 16.5. The topological polar surface area (TPSA) is 91.1 Å². The van der Waals surface area contributed by atoms with E-state index in [2.05, 4.69) is 20.3 Å². The molecule has 0 N–H and O–H groups in total. The lowest BCUT2D eigenvalue weighted by molar-refractivity contribution is 0.391. The molecule has 5 aromatic rings. The molecule has 0 saturated heterocycles. The highest BCUT2D eigenvalue weighted by Crippen LogP contribution is 2.25. The molecule has 0 bridgehead atoms. The van der Waals surface area contributed by atoms with E-state index in [1.165, 1.54) is 23.9 Å². The average Bonchev–Trinajstić information content (AvgIpc) is 3.43. The van der Waals surface area contributed by atoms with Crippen molar-refractivity contribution in [1.82, 2.24) is 29.3 Å². The summed E-state index contributed by atoms with van der Waals surface area (Å²) in [5.74, 6) is 1.35. The lowest BCUT2D eigenvalue weighted by Gasteiger charge is -2.10. The van der Waals surface area contributed by atoms with Crippen LogP contribution in [-0.2, 0) is 12.3 Å². The zero-order chi connectivity index (χ0) is 21.4. The third-order valence-electron chi connectivity index (χ3n) is 4.82. The molecule has 5 rings (SSSR count). The molecule has 10 heteroatoms.